The molecule has 0 spiro atoms. The predicted octanol–water partition coefficient (Wildman–Crippen LogP) is 4.03. The SMILES string of the molecule is CC/C=C\CCC(=O)/C=C/[C@@H](O)CCCCCCCC(=O)O. The molecular weight excluding hydrogens is 280 g/mol. The maximum absolute atomic E-state index is 11.5. The molecule has 0 unspecified atom stereocenters. The molecule has 4 nitrogen and oxygen atoms in total. The number of rotatable bonds is 14. The third-order valence-electron chi connectivity index (χ3n) is 3.35. The van der Waals surface area contributed by atoms with Crippen LogP contribution in [-0.2, 0) is 9.59 Å². The van der Waals surface area contributed by atoms with E-state index in [1.807, 2.05) is 12.2 Å². The summed E-state index contributed by atoms with van der Waals surface area (Å²) in [4.78, 5) is 21.9. The lowest BCUT2D eigenvalue weighted by Gasteiger charge is -2.05. The molecule has 0 heterocycles. The van der Waals surface area contributed by atoms with E-state index in [4.69, 9.17) is 5.11 Å². The molecule has 4 heteroatoms. The maximum atomic E-state index is 11.5. The van der Waals surface area contributed by atoms with Gasteiger partial charge in [0.25, 0.3) is 0 Å². The van der Waals surface area contributed by atoms with Gasteiger partial charge in [0.05, 0.1) is 6.10 Å². The van der Waals surface area contributed by atoms with Crippen LogP contribution >= 0.6 is 0 Å². The van der Waals surface area contributed by atoms with Crippen molar-refractivity contribution in [3.05, 3.63) is 24.3 Å². The summed E-state index contributed by atoms with van der Waals surface area (Å²) in [5.41, 5.74) is 0. The number of aliphatic hydroxyl groups excluding tert-OH is 1. The van der Waals surface area contributed by atoms with Gasteiger partial charge in [0.15, 0.2) is 5.78 Å². The highest BCUT2D eigenvalue weighted by Gasteiger charge is 2.02. The number of carbonyl (C=O) groups is 2. The minimum Gasteiger partial charge on any atom is -0.481 e. The summed E-state index contributed by atoms with van der Waals surface area (Å²) in [6.45, 7) is 2.06. The van der Waals surface area contributed by atoms with Gasteiger partial charge in [0.1, 0.15) is 0 Å². The number of carboxylic acids is 1. The minimum absolute atomic E-state index is 0.0495. The molecule has 1 atom stereocenters. The number of allylic oxidation sites excluding steroid dienone is 3. The highest BCUT2D eigenvalue weighted by molar-refractivity contribution is 5.89. The van der Waals surface area contributed by atoms with Crippen molar-refractivity contribution in [3.8, 4) is 0 Å². The Balaban J connectivity index is 3.57. The van der Waals surface area contributed by atoms with Gasteiger partial charge >= 0.3 is 5.97 Å². The zero-order chi connectivity index (χ0) is 16.6. The highest BCUT2D eigenvalue weighted by Crippen LogP contribution is 2.09. The van der Waals surface area contributed by atoms with E-state index in [0.717, 1.165) is 44.9 Å². The molecule has 2 N–H and O–H groups in total. The van der Waals surface area contributed by atoms with E-state index in [9.17, 15) is 14.7 Å². The minimum atomic E-state index is -0.740. The predicted molar refractivity (Wildman–Crippen MR) is 88.8 cm³/mol. The lowest BCUT2D eigenvalue weighted by molar-refractivity contribution is -0.137. The molecule has 0 aromatic heterocycles. The Hall–Kier alpha value is -1.42. The lowest BCUT2D eigenvalue weighted by atomic mass is 10.1. The van der Waals surface area contributed by atoms with Gasteiger partial charge in [-0.25, -0.2) is 0 Å². The fourth-order valence-electron chi connectivity index (χ4n) is 2.07. The highest BCUT2D eigenvalue weighted by atomic mass is 16.4. The number of aliphatic hydroxyl groups is 1. The Labute approximate surface area is 133 Å². The molecule has 126 valence electrons. The second kappa shape index (κ2) is 14.5. The fraction of sp³-hybridized carbons (Fsp3) is 0.667. The van der Waals surface area contributed by atoms with Crippen LogP contribution < -0.4 is 0 Å². The van der Waals surface area contributed by atoms with Crippen LogP contribution in [0, 0.1) is 0 Å². The largest absolute Gasteiger partial charge is 0.481 e. The molecule has 0 aliphatic carbocycles. The summed E-state index contributed by atoms with van der Waals surface area (Å²) in [5, 5.41) is 18.3. The van der Waals surface area contributed by atoms with Crippen molar-refractivity contribution in [1.29, 1.82) is 0 Å². The van der Waals surface area contributed by atoms with Gasteiger partial charge in [-0.15, -0.1) is 0 Å². The van der Waals surface area contributed by atoms with Crippen molar-refractivity contribution in [2.24, 2.45) is 0 Å². The smallest absolute Gasteiger partial charge is 0.303 e. The lowest BCUT2D eigenvalue weighted by Crippen LogP contribution is -2.03. The number of carbonyl (C=O) groups excluding carboxylic acids is 1. The van der Waals surface area contributed by atoms with Gasteiger partial charge in [0.2, 0.25) is 0 Å². The van der Waals surface area contributed by atoms with Crippen LogP contribution in [0.1, 0.15) is 71.1 Å². The summed E-state index contributed by atoms with van der Waals surface area (Å²) in [7, 11) is 0. The summed E-state index contributed by atoms with van der Waals surface area (Å²) >= 11 is 0. The average Bonchev–Trinajstić information content (AvgIpc) is 2.48. The fourth-order valence-corrected chi connectivity index (χ4v) is 2.07. The molecule has 0 saturated carbocycles. The third kappa shape index (κ3) is 15.0. The Morgan fingerprint density at radius 1 is 1.00 bits per heavy atom. The van der Waals surface area contributed by atoms with E-state index < -0.39 is 12.1 Å². The molecule has 0 bridgehead atoms. The molecule has 0 aromatic carbocycles. The van der Waals surface area contributed by atoms with E-state index >= 15 is 0 Å². The zero-order valence-corrected chi connectivity index (χ0v) is 13.7. The van der Waals surface area contributed by atoms with E-state index in [-0.39, 0.29) is 12.2 Å². The summed E-state index contributed by atoms with van der Waals surface area (Å²) in [5.74, 6) is -0.691. The summed E-state index contributed by atoms with van der Waals surface area (Å²) < 4.78 is 0. The number of hydrogen-bond acceptors (Lipinski definition) is 3. The quantitative estimate of drug-likeness (QED) is 0.288. The van der Waals surface area contributed by atoms with Crippen molar-refractivity contribution in [1.82, 2.24) is 0 Å². The van der Waals surface area contributed by atoms with E-state index in [1.165, 1.54) is 6.08 Å². The van der Waals surface area contributed by atoms with Crippen LogP contribution in [0.3, 0.4) is 0 Å². The molecule has 0 radical (unpaired) electrons. The summed E-state index contributed by atoms with van der Waals surface area (Å²) in [6.07, 6.45) is 14.2. The van der Waals surface area contributed by atoms with Crippen LogP contribution in [0.25, 0.3) is 0 Å². The Bertz CT molecular complexity index is 358. The number of carboxylic acid groups (broad SMARTS) is 1. The second-order valence-corrected chi connectivity index (χ2v) is 5.51. The molecule has 0 aromatic rings. The Kier molecular flexibility index (Phi) is 13.6. The van der Waals surface area contributed by atoms with Crippen LogP contribution in [0.5, 0.6) is 0 Å². The first-order valence-corrected chi connectivity index (χ1v) is 8.32. The molecule has 0 amide bonds. The maximum Gasteiger partial charge on any atom is 0.303 e. The molecule has 0 saturated heterocycles. The van der Waals surface area contributed by atoms with Crippen LogP contribution in [0.15, 0.2) is 24.3 Å². The van der Waals surface area contributed by atoms with Crippen molar-refractivity contribution >= 4 is 11.8 Å². The van der Waals surface area contributed by atoms with E-state index in [0.29, 0.717) is 12.8 Å². The van der Waals surface area contributed by atoms with Gasteiger partial charge < -0.3 is 10.2 Å². The summed E-state index contributed by atoms with van der Waals surface area (Å²) in [6, 6.07) is 0. The van der Waals surface area contributed by atoms with Crippen molar-refractivity contribution < 1.29 is 19.8 Å². The number of unbranched alkanes of at least 4 members (excludes halogenated alkanes) is 4. The van der Waals surface area contributed by atoms with Crippen LogP contribution in [0.4, 0.5) is 0 Å². The van der Waals surface area contributed by atoms with Gasteiger partial charge in [-0.2, -0.15) is 0 Å². The third-order valence-corrected chi connectivity index (χ3v) is 3.35. The van der Waals surface area contributed by atoms with Gasteiger partial charge in [-0.05, 0) is 31.8 Å². The van der Waals surface area contributed by atoms with Crippen molar-refractivity contribution in [2.45, 2.75) is 77.2 Å². The molecule has 0 rings (SSSR count). The Morgan fingerprint density at radius 2 is 1.68 bits per heavy atom. The number of aliphatic carboxylic acids is 1. The van der Waals surface area contributed by atoms with E-state index in [1.54, 1.807) is 6.08 Å². The molecule has 0 aliphatic rings. The monoisotopic (exact) mass is 310 g/mol. The van der Waals surface area contributed by atoms with Crippen LogP contribution in [-0.4, -0.2) is 28.1 Å². The van der Waals surface area contributed by atoms with Crippen LogP contribution in [0.2, 0.25) is 0 Å². The molecular formula is C18H30O4. The van der Waals surface area contributed by atoms with Crippen molar-refractivity contribution in [2.75, 3.05) is 0 Å². The van der Waals surface area contributed by atoms with E-state index in [2.05, 4.69) is 6.92 Å². The normalized spacial score (nSPS) is 13.0. The molecule has 22 heavy (non-hydrogen) atoms. The first-order valence-electron chi connectivity index (χ1n) is 8.32. The zero-order valence-electron chi connectivity index (χ0n) is 13.7. The average molecular weight is 310 g/mol. The topological polar surface area (TPSA) is 74.6 Å². The molecule has 0 aliphatic heterocycles. The number of hydrogen-bond donors (Lipinski definition) is 2. The standard InChI is InChI=1S/C18H30O4/c1-2-3-4-8-11-16(19)14-15-17(20)12-9-6-5-7-10-13-18(21)22/h3-4,14-15,17,20H,2,5-13H2,1H3,(H,21,22)/b4-3-,15-14+/t17-/m0/s1. The molecule has 0 fully saturated rings. The van der Waals surface area contributed by atoms with Gasteiger partial charge in [-0.1, -0.05) is 50.8 Å². The first kappa shape index (κ1) is 20.6. The Morgan fingerprint density at radius 3 is 2.36 bits per heavy atom. The number of ketones is 1. The second-order valence-electron chi connectivity index (χ2n) is 5.51. The van der Waals surface area contributed by atoms with Crippen molar-refractivity contribution in [3.63, 3.8) is 0 Å². The first-order chi connectivity index (χ1) is 10.6. The van der Waals surface area contributed by atoms with Gasteiger partial charge in [0, 0.05) is 12.8 Å². The van der Waals surface area contributed by atoms with Gasteiger partial charge in [-0.3, -0.25) is 9.59 Å².